The summed E-state index contributed by atoms with van der Waals surface area (Å²) in [7, 11) is 2.00. The third kappa shape index (κ3) is 0.792. The highest BCUT2D eigenvalue weighted by molar-refractivity contribution is 5.56. The van der Waals surface area contributed by atoms with Gasteiger partial charge in [-0.1, -0.05) is 17.7 Å². The first-order valence-corrected chi connectivity index (χ1v) is 3.56. The van der Waals surface area contributed by atoms with E-state index in [2.05, 4.69) is 18.9 Å². The standard InChI is InChI=1S/C9H10N2/c1-10-7-8-5-3-4-6-9(8)11(10)2/h3-7H,1H2,2H3. The third-order valence-electron chi connectivity index (χ3n) is 1.96. The smallest absolute Gasteiger partial charge is 0.120 e. The molecular weight excluding hydrogens is 136 g/mol. The fraction of sp³-hybridized carbons (Fsp3) is 0.111. The molecule has 0 bridgehead atoms. The van der Waals surface area contributed by atoms with E-state index in [-0.39, 0.29) is 0 Å². The molecule has 0 unspecified atom stereocenters. The maximum absolute atomic E-state index is 3.84. The van der Waals surface area contributed by atoms with E-state index in [4.69, 9.17) is 0 Å². The van der Waals surface area contributed by atoms with Gasteiger partial charge in [0.1, 0.15) is 6.54 Å². The van der Waals surface area contributed by atoms with E-state index in [0.29, 0.717) is 0 Å². The number of fused-ring (bicyclic) bond motifs is 1. The number of hydrazone groups is 1. The molecule has 0 fully saturated rings. The van der Waals surface area contributed by atoms with E-state index in [0.717, 1.165) is 0 Å². The van der Waals surface area contributed by atoms with Gasteiger partial charge in [-0.25, -0.2) is 5.01 Å². The van der Waals surface area contributed by atoms with Crippen LogP contribution in [0, 0.1) is 6.54 Å². The molecule has 0 saturated heterocycles. The number of hydrogen-bond acceptors (Lipinski definition) is 1. The molecule has 2 rings (SSSR count). The van der Waals surface area contributed by atoms with Crippen LogP contribution in [-0.2, 0) is 0 Å². The lowest BCUT2D eigenvalue weighted by atomic mass is 10.2. The molecule has 1 heterocycles. The molecule has 56 valence electrons. The highest BCUT2D eigenvalue weighted by Crippen LogP contribution is 2.26. The maximum atomic E-state index is 3.84. The zero-order valence-electron chi connectivity index (χ0n) is 6.49. The summed E-state index contributed by atoms with van der Waals surface area (Å²) in [5, 5.41) is 2.01. The van der Waals surface area contributed by atoms with E-state index >= 15 is 0 Å². The molecule has 1 aromatic rings. The number of hydrazine groups is 1. The van der Waals surface area contributed by atoms with Crippen LogP contribution in [0.15, 0.2) is 24.3 Å². The van der Waals surface area contributed by atoms with E-state index in [1.54, 1.807) is 0 Å². The zero-order valence-corrected chi connectivity index (χ0v) is 6.49. The van der Waals surface area contributed by atoms with Crippen LogP contribution >= 0.6 is 0 Å². The van der Waals surface area contributed by atoms with Crippen LogP contribution in [0.5, 0.6) is 0 Å². The SMILES string of the molecule is C=[N+]1[CH-]c2ccccc2N1C. The van der Waals surface area contributed by atoms with Crippen molar-refractivity contribution in [3.8, 4) is 0 Å². The van der Waals surface area contributed by atoms with E-state index in [1.165, 1.54) is 11.3 Å². The average Bonchev–Trinajstić information content (AvgIpc) is 2.30. The van der Waals surface area contributed by atoms with E-state index in [1.807, 2.05) is 35.4 Å². The molecule has 0 saturated carbocycles. The molecule has 0 spiro atoms. The Balaban J connectivity index is 2.55. The van der Waals surface area contributed by atoms with Crippen molar-refractivity contribution >= 4 is 12.4 Å². The minimum Gasteiger partial charge on any atom is -0.208 e. The first-order chi connectivity index (χ1) is 5.29. The monoisotopic (exact) mass is 146 g/mol. The predicted octanol–water partition coefficient (Wildman–Crippen LogP) is 1.27. The normalized spacial score (nSPS) is 14.6. The number of hydrogen-bond donors (Lipinski definition) is 0. The van der Waals surface area contributed by atoms with Crippen molar-refractivity contribution in [1.82, 2.24) is 0 Å². The van der Waals surface area contributed by atoms with Crippen LogP contribution in [0.25, 0.3) is 0 Å². The lowest BCUT2D eigenvalue weighted by molar-refractivity contribution is -0.474. The summed E-state index contributed by atoms with van der Waals surface area (Å²) in [5.41, 5.74) is 2.44. The van der Waals surface area contributed by atoms with Gasteiger partial charge < -0.3 is 0 Å². The van der Waals surface area contributed by atoms with Crippen molar-refractivity contribution < 1.29 is 4.68 Å². The Hall–Kier alpha value is -1.44. The summed E-state index contributed by atoms with van der Waals surface area (Å²) in [4.78, 5) is 0. The highest BCUT2D eigenvalue weighted by atomic mass is 15.6. The van der Waals surface area contributed by atoms with Gasteiger partial charge in [-0.2, -0.15) is 4.68 Å². The third-order valence-corrected chi connectivity index (χ3v) is 1.96. The molecule has 1 aromatic carbocycles. The molecule has 2 nitrogen and oxygen atoms in total. The molecule has 0 aromatic heterocycles. The number of para-hydroxylation sites is 1. The molecule has 2 heteroatoms. The average molecular weight is 146 g/mol. The van der Waals surface area contributed by atoms with Crippen LogP contribution < -0.4 is 5.01 Å². The van der Waals surface area contributed by atoms with Gasteiger partial charge in [-0.3, -0.25) is 0 Å². The van der Waals surface area contributed by atoms with E-state index < -0.39 is 0 Å². The van der Waals surface area contributed by atoms with Gasteiger partial charge in [0.05, 0.1) is 13.8 Å². The first kappa shape index (κ1) is 6.28. The second-order valence-corrected chi connectivity index (χ2v) is 2.65. The van der Waals surface area contributed by atoms with Crippen molar-refractivity contribution in [2.24, 2.45) is 0 Å². The molecular formula is C9H10N2. The summed E-state index contributed by atoms with van der Waals surface area (Å²) in [5.74, 6) is 0. The second-order valence-electron chi connectivity index (χ2n) is 2.65. The molecule has 1 aliphatic rings. The quantitative estimate of drug-likeness (QED) is 0.394. The van der Waals surface area contributed by atoms with Crippen molar-refractivity contribution in [1.29, 1.82) is 0 Å². The molecule has 0 radical (unpaired) electrons. The molecule has 11 heavy (non-hydrogen) atoms. The summed E-state index contributed by atoms with van der Waals surface area (Å²) >= 11 is 0. The van der Waals surface area contributed by atoms with Gasteiger partial charge in [-0.05, 0) is 0 Å². The molecule has 0 amide bonds. The van der Waals surface area contributed by atoms with E-state index in [9.17, 15) is 0 Å². The van der Waals surface area contributed by atoms with Crippen molar-refractivity contribution in [3.63, 3.8) is 0 Å². The zero-order chi connectivity index (χ0) is 7.84. The minimum absolute atomic E-state index is 1.21. The summed E-state index contributed by atoms with van der Waals surface area (Å²) in [6, 6.07) is 8.22. The first-order valence-electron chi connectivity index (χ1n) is 3.56. The Morgan fingerprint density at radius 2 is 2.18 bits per heavy atom. The lowest BCUT2D eigenvalue weighted by Crippen LogP contribution is -2.21. The Morgan fingerprint density at radius 1 is 1.45 bits per heavy atom. The molecule has 0 N–H and O–H groups in total. The number of rotatable bonds is 0. The summed E-state index contributed by atoms with van der Waals surface area (Å²) in [6.07, 6.45) is 0. The predicted molar refractivity (Wildman–Crippen MR) is 45.6 cm³/mol. The summed E-state index contributed by atoms with van der Waals surface area (Å²) < 4.78 is 1.82. The summed E-state index contributed by atoms with van der Waals surface area (Å²) in [6.45, 7) is 5.85. The largest absolute Gasteiger partial charge is 0.208 e. The Bertz CT molecular complexity index is 304. The van der Waals surface area contributed by atoms with Crippen LogP contribution in [-0.4, -0.2) is 18.4 Å². The van der Waals surface area contributed by atoms with Gasteiger partial charge in [0.25, 0.3) is 0 Å². The van der Waals surface area contributed by atoms with Gasteiger partial charge >= 0.3 is 0 Å². The van der Waals surface area contributed by atoms with Gasteiger partial charge in [0.2, 0.25) is 0 Å². The van der Waals surface area contributed by atoms with Crippen molar-refractivity contribution in [2.75, 3.05) is 12.1 Å². The molecule has 1 aliphatic heterocycles. The van der Waals surface area contributed by atoms with Crippen LogP contribution in [0.2, 0.25) is 0 Å². The molecule has 0 aliphatic carbocycles. The topological polar surface area (TPSA) is 6.25 Å². The number of anilines is 1. The number of nitrogens with zero attached hydrogens (tertiary/aromatic N) is 2. The fourth-order valence-corrected chi connectivity index (χ4v) is 1.28. The van der Waals surface area contributed by atoms with Gasteiger partial charge in [-0.15, -0.1) is 12.1 Å². The van der Waals surface area contributed by atoms with Crippen molar-refractivity contribution in [2.45, 2.75) is 0 Å². The maximum Gasteiger partial charge on any atom is 0.120 e. The van der Waals surface area contributed by atoms with Crippen LogP contribution in [0.1, 0.15) is 5.56 Å². The second kappa shape index (κ2) is 2.02. The van der Waals surface area contributed by atoms with Gasteiger partial charge in [0, 0.05) is 5.69 Å². The Kier molecular flexibility index (Phi) is 1.15. The lowest BCUT2D eigenvalue weighted by Gasteiger charge is -2.10. The fourth-order valence-electron chi connectivity index (χ4n) is 1.28. The van der Waals surface area contributed by atoms with Crippen LogP contribution in [0.4, 0.5) is 5.69 Å². The van der Waals surface area contributed by atoms with Crippen LogP contribution in [0.3, 0.4) is 0 Å². The van der Waals surface area contributed by atoms with Gasteiger partial charge in [0.15, 0.2) is 0 Å². The number of benzene rings is 1. The Labute approximate surface area is 66.4 Å². The highest BCUT2D eigenvalue weighted by Gasteiger charge is 2.17. The van der Waals surface area contributed by atoms with Crippen molar-refractivity contribution in [3.05, 3.63) is 36.4 Å². The molecule has 0 atom stereocenters. The minimum atomic E-state index is 1.21. The Morgan fingerprint density at radius 3 is 2.91 bits per heavy atom.